The van der Waals surface area contributed by atoms with Crippen molar-refractivity contribution in [3.05, 3.63) is 71.0 Å². The second-order valence-corrected chi connectivity index (χ2v) is 13.4. The van der Waals surface area contributed by atoms with Crippen molar-refractivity contribution in [1.29, 1.82) is 0 Å². The number of rotatable bonds is 8. The zero-order chi connectivity index (χ0) is 36.7. The average Bonchev–Trinajstić information content (AvgIpc) is 3.80. The van der Waals surface area contributed by atoms with Crippen LogP contribution in [0.25, 0.3) is 17.1 Å². The molecule has 0 aliphatic carbocycles. The van der Waals surface area contributed by atoms with Crippen LogP contribution in [0.2, 0.25) is 5.02 Å². The predicted octanol–water partition coefficient (Wildman–Crippen LogP) is 3.13. The van der Waals surface area contributed by atoms with E-state index in [1.165, 1.54) is 48.3 Å². The Hall–Kier alpha value is -5.00. The van der Waals surface area contributed by atoms with Gasteiger partial charge in [-0.05, 0) is 30.3 Å². The summed E-state index contributed by atoms with van der Waals surface area (Å²) in [6, 6.07) is 7.54. The quantitative estimate of drug-likeness (QED) is 0.234. The number of nitrogens with zero attached hydrogens (tertiary/aromatic N) is 8. The number of benzene rings is 1. The molecule has 2 unspecified atom stereocenters. The maximum absolute atomic E-state index is 14.1. The minimum atomic E-state index is -4.81. The van der Waals surface area contributed by atoms with E-state index in [2.05, 4.69) is 25.7 Å². The summed E-state index contributed by atoms with van der Waals surface area (Å²) in [5.74, 6) is -1.07. The zero-order valence-electron chi connectivity index (χ0n) is 28.1. The Kier molecular flexibility index (Phi) is 9.80. The molecule has 3 amide bonds. The average molecular weight is 730 g/mol. The molecule has 14 nitrogen and oxygen atoms in total. The summed E-state index contributed by atoms with van der Waals surface area (Å²) in [7, 11) is 5.06. The smallest absolute Gasteiger partial charge is 0.387 e. The van der Waals surface area contributed by atoms with E-state index in [1.54, 1.807) is 22.9 Å². The number of imidazole rings is 1. The van der Waals surface area contributed by atoms with E-state index < -0.39 is 23.9 Å². The van der Waals surface area contributed by atoms with Gasteiger partial charge in [0.15, 0.2) is 23.9 Å². The number of anilines is 2. The maximum atomic E-state index is 14.1. The highest BCUT2D eigenvalue weighted by Crippen LogP contribution is 2.37. The maximum Gasteiger partial charge on any atom is 0.435 e. The Labute approximate surface area is 296 Å². The van der Waals surface area contributed by atoms with Crippen molar-refractivity contribution in [2.45, 2.75) is 18.7 Å². The number of carbonyl (C=O) groups is 3. The number of alkyl halides is 3. The third kappa shape index (κ3) is 7.55. The lowest BCUT2D eigenvalue weighted by Crippen LogP contribution is -2.55. The van der Waals surface area contributed by atoms with Crippen LogP contribution in [0.15, 0.2) is 48.9 Å². The summed E-state index contributed by atoms with van der Waals surface area (Å²) in [6.45, 7) is 2.97. The summed E-state index contributed by atoms with van der Waals surface area (Å²) < 4.78 is 45.0. The SMILES string of the molecule is CNc1ccc(-n2cc(-c3cnc(C(=O)Nc4ccc(C(=O)N5CCN(C(=O)C[N+]6(C)CCC(O)C6)CC5)c(Cl)c4)n3C)c(C(F)(F)F)n2)nc1. The van der Waals surface area contributed by atoms with Crippen molar-refractivity contribution in [2.24, 2.45) is 7.05 Å². The Morgan fingerprint density at radius 3 is 2.35 bits per heavy atom. The molecule has 0 radical (unpaired) electrons. The third-order valence-electron chi connectivity index (χ3n) is 9.27. The second-order valence-electron chi connectivity index (χ2n) is 13.0. The van der Waals surface area contributed by atoms with Crippen LogP contribution in [-0.2, 0) is 18.0 Å². The van der Waals surface area contributed by atoms with Crippen molar-refractivity contribution in [2.75, 3.05) is 70.5 Å². The van der Waals surface area contributed by atoms with Gasteiger partial charge in [-0.25, -0.2) is 14.6 Å². The van der Waals surface area contributed by atoms with Gasteiger partial charge in [0.05, 0.1) is 53.5 Å². The van der Waals surface area contributed by atoms with Crippen molar-refractivity contribution in [3.8, 4) is 17.1 Å². The van der Waals surface area contributed by atoms with Crippen molar-refractivity contribution < 1.29 is 37.1 Å². The summed E-state index contributed by atoms with van der Waals surface area (Å²) in [5.41, 5.74) is -0.349. The van der Waals surface area contributed by atoms with Gasteiger partial charge >= 0.3 is 6.18 Å². The minimum absolute atomic E-state index is 0.00283. The number of hydrogen-bond acceptors (Lipinski definition) is 8. The molecule has 6 rings (SSSR count). The number of likely N-dealkylation sites (N-methyl/N-ethyl adjacent to an activating group) is 1. The Bertz CT molecular complexity index is 1960. The number of pyridine rings is 1. The van der Waals surface area contributed by atoms with E-state index in [1.807, 2.05) is 7.05 Å². The lowest BCUT2D eigenvalue weighted by molar-refractivity contribution is -0.891. The molecule has 2 atom stereocenters. The Morgan fingerprint density at radius 1 is 1.04 bits per heavy atom. The number of aromatic nitrogens is 5. The largest absolute Gasteiger partial charge is 0.435 e. The zero-order valence-corrected chi connectivity index (χ0v) is 28.9. The highest BCUT2D eigenvalue weighted by atomic mass is 35.5. The number of hydrogen-bond donors (Lipinski definition) is 3. The molecule has 0 spiro atoms. The van der Waals surface area contributed by atoms with Crippen LogP contribution in [0.5, 0.6) is 0 Å². The number of nitrogens with one attached hydrogen (secondary N) is 2. The van der Waals surface area contributed by atoms with E-state index >= 15 is 0 Å². The summed E-state index contributed by atoms with van der Waals surface area (Å²) >= 11 is 6.49. The number of piperazine rings is 1. The van der Waals surface area contributed by atoms with Gasteiger partial charge in [-0.2, -0.15) is 18.3 Å². The summed E-state index contributed by atoms with van der Waals surface area (Å²) in [6.07, 6.45) is -0.737. The second kappa shape index (κ2) is 14.0. The molecule has 3 aromatic heterocycles. The Morgan fingerprint density at radius 2 is 1.75 bits per heavy atom. The fourth-order valence-corrected chi connectivity index (χ4v) is 6.69. The standard InChI is InChI=1S/C33H36ClF3N10O4/c1-38-21-5-7-27(39-15-21)46-17-24(29(42-46)33(35,36)37)26-16-40-30(43(26)2)31(50)41-20-4-6-23(25(34)14-20)32(51)45-11-9-44(10-12-45)28(49)19-47(3)13-8-22(48)18-47/h4-7,14-17,22,38,48H,8-13,18-19H2,1-3H3/p+1. The molecule has 270 valence electrons. The molecule has 0 saturated carbocycles. The van der Waals surface area contributed by atoms with Crippen LogP contribution >= 0.6 is 11.6 Å². The molecule has 1 aromatic carbocycles. The topological polar surface area (TPSA) is 151 Å². The monoisotopic (exact) mass is 729 g/mol. The van der Waals surface area contributed by atoms with E-state index in [0.29, 0.717) is 55.9 Å². The van der Waals surface area contributed by atoms with Crippen LogP contribution in [-0.4, -0.2) is 127 Å². The molecule has 2 aliphatic rings. The van der Waals surface area contributed by atoms with Crippen LogP contribution < -0.4 is 10.6 Å². The minimum Gasteiger partial charge on any atom is -0.387 e. The third-order valence-corrected chi connectivity index (χ3v) is 9.58. The molecule has 3 N–H and O–H groups in total. The molecular weight excluding hydrogens is 693 g/mol. The summed E-state index contributed by atoms with van der Waals surface area (Å²) in [4.78, 5) is 51.1. The molecular formula is C33H37ClF3N10O4+. The fourth-order valence-electron chi connectivity index (χ4n) is 6.43. The first-order chi connectivity index (χ1) is 24.2. The van der Waals surface area contributed by atoms with E-state index in [9.17, 15) is 32.7 Å². The highest BCUT2D eigenvalue weighted by molar-refractivity contribution is 6.34. The lowest BCUT2D eigenvalue weighted by atomic mass is 10.1. The molecule has 51 heavy (non-hydrogen) atoms. The summed E-state index contributed by atoms with van der Waals surface area (Å²) in [5, 5.41) is 19.2. The molecule has 2 aliphatic heterocycles. The van der Waals surface area contributed by atoms with Gasteiger partial charge in [0.2, 0.25) is 0 Å². The first-order valence-electron chi connectivity index (χ1n) is 16.2. The van der Waals surface area contributed by atoms with Crippen LogP contribution in [0.1, 0.15) is 33.1 Å². The van der Waals surface area contributed by atoms with E-state index in [0.717, 1.165) is 17.4 Å². The van der Waals surface area contributed by atoms with Gasteiger partial charge in [0.1, 0.15) is 12.6 Å². The van der Waals surface area contributed by atoms with Crippen molar-refractivity contribution in [3.63, 3.8) is 0 Å². The van der Waals surface area contributed by atoms with Gasteiger partial charge in [-0.3, -0.25) is 14.4 Å². The van der Waals surface area contributed by atoms with Gasteiger partial charge in [-0.1, -0.05) is 11.6 Å². The van der Waals surface area contributed by atoms with Crippen molar-refractivity contribution in [1.82, 2.24) is 34.1 Å². The molecule has 18 heteroatoms. The number of carbonyl (C=O) groups excluding carboxylic acids is 3. The Balaban J connectivity index is 1.11. The van der Waals surface area contributed by atoms with Crippen LogP contribution in [0, 0.1) is 0 Å². The first-order valence-corrected chi connectivity index (χ1v) is 16.6. The number of amides is 3. The van der Waals surface area contributed by atoms with Crippen LogP contribution in [0.4, 0.5) is 24.5 Å². The highest BCUT2D eigenvalue weighted by Gasteiger charge is 2.39. The van der Waals surface area contributed by atoms with Gasteiger partial charge in [0, 0.05) is 58.6 Å². The van der Waals surface area contributed by atoms with Gasteiger partial charge in [0.25, 0.3) is 17.7 Å². The van der Waals surface area contributed by atoms with Crippen LogP contribution in [0.3, 0.4) is 0 Å². The van der Waals surface area contributed by atoms with Gasteiger partial charge in [-0.15, -0.1) is 0 Å². The van der Waals surface area contributed by atoms with Crippen molar-refractivity contribution >= 4 is 40.7 Å². The van der Waals surface area contributed by atoms with Gasteiger partial charge < -0.3 is 34.6 Å². The first kappa shape index (κ1) is 35.8. The molecule has 5 heterocycles. The predicted molar refractivity (Wildman–Crippen MR) is 181 cm³/mol. The number of likely N-dealkylation sites (tertiary alicyclic amines) is 1. The fraction of sp³-hybridized carbons (Fsp3) is 0.394. The van der Waals surface area contributed by atoms with E-state index in [-0.39, 0.29) is 51.0 Å². The molecule has 4 aromatic rings. The number of aliphatic hydroxyl groups is 1. The lowest BCUT2D eigenvalue weighted by Gasteiger charge is -2.37. The molecule has 0 bridgehead atoms. The normalized spacial score (nSPS) is 19.3. The van der Waals surface area contributed by atoms with E-state index in [4.69, 9.17) is 11.6 Å². The number of aliphatic hydroxyl groups excluding tert-OH is 1. The molecule has 2 saturated heterocycles. The number of quaternary nitrogens is 1. The number of halogens is 4. The molecule has 2 fully saturated rings.